The molecular formula is C14H21NO4S. The molecule has 1 aliphatic rings. The van der Waals surface area contributed by atoms with Gasteiger partial charge in [0.05, 0.1) is 4.90 Å². The molecule has 5 nitrogen and oxygen atoms in total. The van der Waals surface area contributed by atoms with E-state index in [1.165, 1.54) is 12.1 Å². The number of nitrogens with one attached hydrogen (secondary N) is 1. The first-order valence-electron chi connectivity index (χ1n) is 6.65. The molecule has 20 heavy (non-hydrogen) atoms. The van der Waals surface area contributed by atoms with Crippen molar-refractivity contribution < 1.29 is 18.3 Å². The summed E-state index contributed by atoms with van der Waals surface area (Å²) in [6.45, 7) is 2.27. The van der Waals surface area contributed by atoms with Gasteiger partial charge in [0, 0.05) is 18.8 Å². The molecule has 1 fully saturated rings. The lowest BCUT2D eigenvalue weighted by Crippen LogP contribution is -2.43. The van der Waals surface area contributed by atoms with Crippen LogP contribution in [0, 0.1) is 0 Å². The zero-order valence-corrected chi connectivity index (χ0v) is 12.6. The SMILES string of the molecule is CC(O)(CNC1CC1)COc1cccc(S(C)(=O)=O)c1. The van der Waals surface area contributed by atoms with Crippen LogP contribution >= 0.6 is 0 Å². The number of hydrogen-bond acceptors (Lipinski definition) is 5. The molecule has 1 aromatic rings. The van der Waals surface area contributed by atoms with Gasteiger partial charge in [-0.15, -0.1) is 0 Å². The summed E-state index contributed by atoms with van der Waals surface area (Å²) in [5.74, 6) is 0.444. The van der Waals surface area contributed by atoms with E-state index in [0.717, 1.165) is 19.1 Å². The van der Waals surface area contributed by atoms with Crippen molar-refractivity contribution in [2.75, 3.05) is 19.4 Å². The molecule has 0 amide bonds. The van der Waals surface area contributed by atoms with Crippen molar-refractivity contribution in [2.24, 2.45) is 0 Å². The smallest absolute Gasteiger partial charge is 0.175 e. The van der Waals surface area contributed by atoms with E-state index in [9.17, 15) is 13.5 Å². The standard InChI is InChI=1S/C14H21NO4S/c1-14(16,9-15-11-6-7-11)10-19-12-4-3-5-13(8-12)20(2,17)18/h3-5,8,11,15-16H,6-7,9-10H2,1-2H3. The molecule has 0 bridgehead atoms. The third-order valence-electron chi connectivity index (χ3n) is 3.13. The van der Waals surface area contributed by atoms with Crippen LogP contribution < -0.4 is 10.1 Å². The van der Waals surface area contributed by atoms with Crippen LogP contribution in [-0.2, 0) is 9.84 Å². The van der Waals surface area contributed by atoms with Crippen LogP contribution in [-0.4, -0.2) is 44.6 Å². The normalized spacial score (nSPS) is 18.6. The lowest BCUT2D eigenvalue weighted by Gasteiger charge is -2.24. The van der Waals surface area contributed by atoms with Crippen molar-refractivity contribution in [2.45, 2.75) is 36.3 Å². The van der Waals surface area contributed by atoms with Crippen LogP contribution in [0.15, 0.2) is 29.2 Å². The molecule has 0 aromatic heterocycles. The Hall–Kier alpha value is -1.11. The third kappa shape index (κ3) is 4.77. The maximum absolute atomic E-state index is 11.5. The van der Waals surface area contributed by atoms with E-state index in [2.05, 4.69) is 5.32 Å². The molecule has 0 saturated heterocycles. The van der Waals surface area contributed by atoms with Crippen LogP contribution in [0.3, 0.4) is 0 Å². The van der Waals surface area contributed by atoms with Gasteiger partial charge in [0.2, 0.25) is 0 Å². The van der Waals surface area contributed by atoms with Gasteiger partial charge in [-0.25, -0.2) is 8.42 Å². The number of ether oxygens (including phenoxy) is 1. The summed E-state index contributed by atoms with van der Waals surface area (Å²) in [4.78, 5) is 0.214. The largest absolute Gasteiger partial charge is 0.491 e. The van der Waals surface area contributed by atoms with Gasteiger partial charge in [-0.2, -0.15) is 0 Å². The van der Waals surface area contributed by atoms with Gasteiger partial charge in [0.25, 0.3) is 0 Å². The summed E-state index contributed by atoms with van der Waals surface area (Å²) in [6.07, 6.45) is 3.47. The van der Waals surface area contributed by atoms with Gasteiger partial charge in [0.1, 0.15) is 18.0 Å². The predicted octanol–water partition coefficient (Wildman–Crippen LogP) is 0.972. The van der Waals surface area contributed by atoms with E-state index in [0.29, 0.717) is 18.3 Å². The minimum absolute atomic E-state index is 0.111. The fourth-order valence-corrected chi connectivity index (χ4v) is 2.39. The minimum atomic E-state index is -3.25. The Bertz CT molecular complexity index is 564. The number of aliphatic hydroxyl groups is 1. The van der Waals surface area contributed by atoms with Gasteiger partial charge in [-0.05, 0) is 38.0 Å². The first-order chi connectivity index (χ1) is 9.26. The van der Waals surface area contributed by atoms with Crippen LogP contribution in [0.2, 0.25) is 0 Å². The Morgan fingerprint density at radius 1 is 1.45 bits per heavy atom. The summed E-state index contributed by atoms with van der Waals surface area (Å²) < 4.78 is 28.4. The van der Waals surface area contributed by atoms with Gasteiger partial charge < -0.3 is 15.2 Å². The highest BCUT2D eigenvalue weighted by molar-refractivity contribution is 7.90. The Labute approximate surface area is 119 Å². The van der Waals surface area contributed by atoms with E-state index >= 15 is 0 Å². The van der Waals surface area contributed by atoms with Gasteiger partial charge in [-0.3, -0.25) is 0 Å². The summed E-state index contributed by atoms with van der Waals surface area (Å²) in [7, 11) is -3.25. The number of rotatable bonds is 7. The van der Waals surface area contributed by atoms with Crippen LogP contribution in [0.1, 0.15) is 19.8 Å². The molecule has 0 aliphatic heterocycles. The molecule has 1 aromatic carbocycles. The van der Waals surface area contributed by atoms with Crippen molar-refractivity contribution >= 4 is 9.84 Å². The lowest BCUT2D eigenvalue weighted by atomic mass is 10.1. The average molecular weight is 299 g/mol. The van der Waals surface area contributed by atoms with Gasteiger partial charge in [0.15, 0.2) is 9.84 Å². The second-order valence-corrected chi connectivity index (χ2v) is 7.70. The second-order valence-electron chi connectivity index (χ2n) is 5.69. The first kappa shape index (κ1) is 15.3. The number of sulfone groups is 1. The van der Waals surface area contributed by atoms with Gasteiger partial charge in [-0.1, -0.05) is 6.07 Å². The highest BCUT2D eigenvalue weighted by atomic mass is 32.2. The molecular weight excluding hydrogens is 278 g/mol. The Kier molecular flexibility index (Phi) is 4.36. The van der Waals surface area contributed by atoms with Crippen molar-refractivity contribution in [3.05, 3.63) is 24.3 Å². The van der Waals surface area contributed by atoms with Crippen molar-refractivity contribution in [1.29, 1.82) is 0 Å². The van der Waals surface area contributed by atoms with E-state index in [-0.39, 0.29) is 11.5 Å². The Morgan fingerprint density at radius 3 is 2.75 bits per heavy atom. The maximum Gasteiger partial charge on any atom is 0.175 e. The fourth-order valence-electron chi connectivity index (χ4n) is 1.74. The molecule has 1 atom stereocenters. The molecule has 6 heteroatoms. The summed E-state index contributed by atoms with van der Waals surface area (Å²) >= 11 is 0. The monoisotopic (exact) mass is 299 g/mol. The van der Waals surface area contributed by atoms with E-state index < -0.39 is 15.4 Å². The topological polar surface area (TPSA) is 75.6 Å². The highest BCUT2D eigenvalue weighted by Crippen LogP contribution is 2.21. The maximum atomic E-state index is 11.5. The fraction of sp³-hybridized carbons (Fsp3) is 0.571. The molecule has 2 N–H and O–H groups in total. The van der Waals surface area contributed by atoms with Crippen molar-refractivity contribution in [3.63, 3.8) is 0 Å². The Balaban J connectivity index is 1.92. The van der Waals surface area contributed by atoms with Crippen LogP contribution in [0.5, 0.6) is 5.75 Å². The van der Waals surface area contributed by atoms with E-state index in [4.69, 9.17) is 4.74 Å². The zero-order valence-electron chi connectivity index (χ0n) is 11.8. The average Bonchev–Trinajstić information content (AvgIpc) is 3.18. The van der Waals surface area contributed by atoms with Crippen LogP contribution in [0.25, 0.3) is 0 Å². The van der Waals surface area contributed by atoms with Gasteiger partial charge >= 0.3 is 0 Å². The van der Waals surface area contributed by atoms with E-state index in [1.807, 2.05) is 0 Å². The zero-order chi connectivity index (χ0) is 14.8. The molecule has 0 spiro atoms. The van der Waals surface area contributed by atoms with Crippen molar-refractivity contribution in [3.8, 4) is 5.75 Å². The summed E-state index contributed by atoms with van der Waals surface area (Å²) in [6, 6.07) is 6.83. The molecule has 112 valence electrons. The molecule has 1 saturated carbocycles. The molecule has 0 heterocycles. The third-order valence-corrected chi connectivity index (χ3v) is 4.24. The Morgan fingerprint density at radius 2 is 2.15 bits per heavy atom. The predicted molar refractivity (Wildman–Crippen MR) is 76.7 cm³/mol. The summed E-state index contributed by atoms with van der Waals surface area (Å²) in [5.41, 5.74) is -0.982. The minimum Gasteiger partial charge on any atom is -0.491 e. The van der Waals surface area contributed by atoms with Crippen molar-refractivity contribution in [1.82, 2.24) is 5.32 Å². The number of benzene rings is 1. The molecule has 1 unspecified atom stereocenters. The first-order valence-corrected chi connectivity index (χ1v) is 8.54. The highest BCUT2D eigenvalue weighted by Gasteiger charge is 2.27. The summed E-state index contributed by atoms with van der Waals surface area (Å²) in [5, 5.41) is 13.4. The molecule has 2 rings (SSSR count). The number of hydrogen-bond donors (Lipinski definition) is 2. The van der Waals surface area contributed by atoms with E-state index in [1.54, 1.807) is 19.1 Å². The molecule has 0 radical (unpaired) electrons. The van der Waals surface area contributed by atoms with Crippen LogP contribution in [0.4, 0.5) is 0 Å². The lowest BCUT2D eigenvalue weighted by molar-refractivity contribution is 0.0119. The second kappa shape index (κ2) is 5.71. The molecule has 1 aliphatic carbocycles. The quantitative estimate of drug-likeness (QED) is 0.785.